The number of unbranched alkanes of at least 4 members (excludes halogenated alkanes) is 1. The van der Waals surface area contributed by atoms with E-state index < -0.39 is 0 Å². The first kappa shape index (κ1) is 38.4. The Kier molecular flexibility index (Phi) is 12.4. The van der Waals surface area contributed by atoms with Crippen LogP contribution in [0.2, 0.25) is 0 Å². The molecule has 4 aromatic carbocycles. The van der Waals surface area contributed by atoms with E-state index in [2.05, 4.69) is 97.2 Å². The number of fused-ring (bicyclic) bond motifs is 3. The lowest BCUT2D eigenvalue weighted by Gasteiger charge is -2.27. The largest absolute Gasteiger partial charge is 0.309 e. The minimum Gasteiger partial charge on any atom is -0.309 e. The summed E-state index contributed by atoms with van der Waals surface area (Å²) in [6.45, 7) is 21.8. The summed E-state index contributed by atoms with van der Waals surface area (Å²) < 4.78 is 42.4. The van der Waals surface area contributed by atoms with Crippen molar-refractivity contribution in [3.63, 3.8) is 0 Å². The van der Waals surface area contributed by atoms with Crippen LogP contribution < -0.4 is 0 Å². The highest BCUT2D eigenvalue weighted by atomic mass is 19.1. The minimum atomic E-state index is -0.304. The summed E-state index contributed by atoms with van der Waals surface area (Å²) in [6, 6.07) is 22.2. The third kappa shape index (κ3) is 7.52. The lowest BCUT2D eigenvalue weighted by molar-refractivity contribution is 0.507. The van der Waals surface area contributed by atoms with Crippen LogP contribution in [0, 0.1) is 18.6 Å². The molecule has 6 aromatic rings. The first-order valence-corrected chi connectivity index (χ1v) is 17.8. The van der Waals surface area contributed by atoms with Crippen molar-refractivity contribution in [1.82, 2.24) is 19.3 Å². The van der Waals surface area contributed by atoms with Crippen molar-refractivity contribution >= 4 is 21.8 Å². The van der Waals surface area contributed by atoms with Crippen LogP contribution >= 0.6 is 0 Å². The van der Waals surface area contributed by atoms with Crippen molar-refractivity contribution in [2.24, 2.45) is 0 Å². The summed E-state index contributed by atoms with van der Waals surface area (Å²) in [4.78, 5) is 5.08. The van der Waals surface area contributed by atoms with Crippen LogP contribution in [0.3, 0.4) is 0 Å². The van der Waals surface area contributed by atoms with Crippen LogP contribution in [0.15, 0.2) is 72.8 Å². The maximum atomic E-state index is 14.8. The highest BCUT2D eigenvalue weighted by Gasteiger charge is 2.29. The van der Waals surface area contributed by atoms with Crippen LogP contribution in [0.4, 0.5) is 13.2 Å². The number of nitrogens with zero attached hydrogens (tertiary/aromatic N) is 4. The third-order valence-corrected chi connectivity index (χ3v) is 9.57. The minimum absolute atomic E-state index is 0.220. The second-order valence-corrected chi connectivity index (χ2v) is 14.1. The summed E-state index contributed by atoms with van der Waals surface area (Å²) in [6.07, 6.45) is 3.53. The molecular weight excluding hydrogens is 629 g/mol. The molecule has 0 radical (unpaired) electrons. The molecule has 4 nitrogen and oxygen atoms in total. The van der Waals surface area contributed by atoms with Gasteiger partial charge in [-0.05, 0) is 102 Å². The molecule has 50 heavy (non-hydrogen) atoms. The van der Waals surface area contributed by atoms with Crippen LogP contribution in [0.5, 0.6) is 0 Å². The lowest BCUT2D eigenvalue weighted by Crippen LogP contribution is -2.18. The van der Waals surface area contributed by atoms with Gasteiger partial charge in [0.25, 0.3) is 0 Å². The average Bonchev–Trinajstić information content (AvgIpc) is 3.65. The van der Waals surface area contributed by atoms with Crippen LogP contribution in [-0.4, -0.2) is 26.5 Å². The Hall–Kier alpha value is -4.39. The SMILES string of the molecule is CCC(C)(C)c1cc2c(cc1-c1nc(C)nn1-c1c(C(C)C)cccc1C(C)C)c1cc(F)ccc1n2-c1ccc(F)cc1.CCCC.CF. The molecule has 7 heteroatoms. The van der Waals surface area contributed by atoms with E-state index in [4.69, 9.17) is 10.1 Å². The Balaban J connectivity index is 0.000000875. The van der Waals surface area contributed by atoms with Crippen molar-refractivity contribution in [1.29, 1.82) is 0 Å². The topological polar surface area (TPSA) is 35.6 Å². The Morgan fingerprint density at radius 2 is 1.28 bits per heavy atom. The van der Waals surface area contributed by atoms with E-state index in [1.807, 2.05) is 11.6 Å². The summed E-state index contributed by atoms with van der Waals surface area (Å²) in [5.74, 6) is 1.43. The normalized spacial score (nSPS) is 11.6. The van der Waals surface area contributed by atoms with Gasteiger partial charge in [0.15, 0.2) is 5.82 Å². The van der Waals surface area contributed by atoms with E-state index in [1.165, 1.54) is 42.2 Å². The molecule has 0 bridgehead atoms. The van der Waals surface area contributed by atoms with E-state index in [9.17, 15) is 13.2 Å². The fourth-order valence-electron chi connectivity index (χ4n) is 6.34. The molecule has 0 fully saturated rings. The van der Waals surface area contributed by atoms with Gasteiger partial charge in [0.2, 0.25) is 0 Å². The number of halogens is 3. The summed E-state index contributed by atoms with van der Waals surface area (Å²) in [5.41, 5.74) is 8.00. The fourth-order valence-corrected chi connectivity index (χ4v) is 6.34. The highest BCUT2D eigenvalue weighted by Crippen LogP contribution is 2.43. The smallest absolute Gasteiger partial charge is 0.163 e. The summed E-state index contributed by atoms with van der Waals surface area (Å²) in [5, 5.41) is 6.71. The van der Waals surface area contributed by atoms with Gasteiger partial charge in [0.05, 0.1) is 23.9 Å². The second kappa shape index (κ2) is 16.1. The van der Waals surface area contributed by atoms with E-state index in [0.717, 1.165) is 56.6 Å². The molecule has 0 aliphatic heterocycles. The summed E-state index contributed by atoms with van der Waals surface area (Å²) in [7, 11) is 0.500. The predicted octanol–water partition coefficient (Wildman–Crippen LogP) is 12.9. The van der Waals surface area contributed by atoms with Gasteiger partial charge >= 0.3 is 0 Å². The van der Waals surface area contributed by atoms with Crippen LogP contribution in [0.25, 0.3) is 44.6 Å². The molecule has 0 N–H and O–H groups in total. The molecule has 2 heterocycles. The first-order valence-electron chi connectivity index (χ1n) is 17.8. The van der Waals surface area contributed by atoms with Crippen molar-refractivity contribution in [2.45, 2.75) is 106 Å². The fraction of sp³-hybridized carbons (Fsp3) is 0.395. The summed E-state index contributed by atoms with van der Waals surface area (Å²) >= 11 is 0. The molecule has 6 rings (SSSR count). The quantitative estimate of drug-likeness (QED) is 0.160. The Morgan fingerprint density at radius 3 is 1.82 bits per heavy atom. The molecule has 266 valence electrons. The third-order valence-electron chi connectivity index (χ3n) is 9.57. The zero-order valence-electron chi connectivity index (χ0n) is 31.6. The van der Waals surface area contributed by atoms with Crippen LogP contribution in [-0.2, 0) is 5.41 Å². The Morgan fingerprint density at radius 1 is 0.720 bits per heavy atom. The van der Waals surface area contributed by atoms with Gasteiger partial charge in [-0.1, -0.05) is 93.4 Å². The Labute approximate surface area is 296 Å². The molecule has 0 atom stereocenters. The van der Waals surface area contributed by atoms with Crippen LogP contribution in [0.1, 0.15) is 116 Å². The molecule has 0 aliphatic carbocycles. The lowest BCUT2D eigenvalue weighted by atomic mass is 9.79. The molecule has 0 saturated heterocycles. The highest BCUT2D eigenvalue weighted by molar-refractivity contribution is 6.11. The zero-order chi connectivity index (χ0) is 36.9. The van der Waals surface area contributed by atoms with Crippen molar-refractivity contribution < 1.29 is 13.2 Å². The van der Waals surface area contributed by atoms with Gasteiger partial charge in [-0.3, -0.25) is 4.39 Å². The molecular formula is C43H53F3N4. The zero-order valence-corrected chi connectivity index (χ0v) is 31.6. The number of rotatable bonds is 8. The second-order valence-electron chi connectivity index (χ2n) is 14.1. The molecule has 2 aromatic heterocycles. The van der Waals surface area contributed by atoms with Gasteiger partial charge in [-0.25, -0.2) is 18.4 Å². The van der Waals surface area contributed by atoms with Gasteiger partial charge in [0.1, 0.15) is 17.5 Å². The first-order chi connectivity index (χ1) is 23.8. The van der Waals surface area contributed by atoms with Gasteiger partial charge in [-0.2, -0.15) is 5.10 Å². The number of alkyl halides is 1. The van der Waals surface area contributed by atoms with Gasteiger partial charge in [0, 0.05) is 22.0 Å². The van der Waals surface area contributed by atoms with Crippen molar-refractivity contribution in [3.8, 4) is 22.8 Å². The maximum absolute atomic E-state index is 14.8. The number of aryl methyl sites for hydroxylation is 1. The monoisotopic (exact) mass is 682 g/mol. The van der Waals surface area contributed by atoms with Crippen molar-refractivity contribution in [2.75, 3.05) is 7.18 Å². The van der Waals surface area contributed by atoms with E-state index in [1.54, 1.807) is 24.3 Å². The number of aromatic nitrogens is 4. The van der Waals surface area contributed by atoms with Gasteiger partial charge in [-0.15, -0.1) is 0 Å². The van der Waals surface area contributed by atoms with Crippen molar-refractivity contribution in [3.05, 3.63) is 107 Å². The Bertz CT molecular complexity index is 2020. The molecule has 0 unspecified atom stereocenters. The van der Waals surface area contributed by atoms with E-state index >= 15 is 0 Å². The predicted molar refractivity (Wildman–Crippen MR) is 205 cm³/mol. The number of benzene rings is 4. The molecule has 0 aliphatic rings. The van der Waals surface area contributed by atoms with E-state index in [0.29, 0.717) is 13.0 Å². The maximum Gasteiger partial charge on any atom is 0.163 e. The molecule has 0 spiro atoms. The molecule has 0 amide bonds. The molecule has 0 saturated carbocycles. The van der Waals surface area contributed by atoms with E-state index in [-0.39, 0.29) is 28.9 Å². The van der Waals surface area contributed by atoms with Gasteiger partial charge < -0.3 is 4.57 Å². The number of hydrogen-bond donors (Lipinski definition) is 0. The number of para-hydroxylation sites is 1. The number of hydrogen-bond acceptors (Lipinski definition) is 2. The standard InChI is InChI=1S/C38H40F2N4.C4H10.CH3F/c1-9-38(7,8)33-21-35-31(30-19-26(40)15-18-34(30)43(35)27-16-13-25(39)14-17-27)20-32(33)37-41-24(6)42-44(37)36-28(22(2)3)11-10-12-29(36)23(4)5;1-3-4-2;1-2/h10-23H,9H2,1-8H3;3-4H2,1-2H3;1H3. The average molecular weight is 683 g/mol.